The molecule has 8 aliphatic carbocycles. The maximum absolute atomic E-state index is 14.2. The molecule has 8 aliphatic rings. The molecule has 20 atom stereocenters. The summed E-state index contributed by atoms with van der Waals surface area (Å²) in [4.78, 5) is 25.9. The molecule has 0 bridgehead atoms. The predicted molar refractivity (Wildman–Crippen MR) is 214 cm³/mol. The molecule has 0 aromatic carbocycles. The third-order valence-corrected chi connectivity index (χ3v) is 20.9. The van der Waals surface area contributed by atoms with Crippen LogP contribution in [0.2, 0.25) is 0 Å². The zero-order valence-electron chi connectivity index (χ0n) is 35.4. The lowest BCUT2D eigenvalue weighted by atomic mass is 9.43. The lowest BCUT2D eigenvalue weighted by Gasteiger charge is -2.62. The molecular formula is C48H78O7. The van der Waals surface area contributed by atoms with Crippen LogP contribution in [0.5, 0.6) is 0 Å². The molecule has 0 spiro atoms. The molecule has 8 rings (SSSR count). The van der Waals surface area contributed by atoms with Crippen molar-refractivity contribution in [3.05, 3.63) is 0 Å². The van der Waals surface area contributed by atoms with Crippen LogP contribution < -0.4 is 0 Å². The molecule has 0 radical (unpaired) electrons. The number of rotatable bonds is 9. The topological polar surface area (TPSA) is 124 Å². The van der Waals surface area contributed by atoms with Crippen LogP contribution in [0.4, 0.5) is 0 Å². The summed E-state index contributed by atoms with van der Waals surface area (Å²) in [5.41, 5.74) is 0.121. The number of carbonyl (C=O) groups is 2. The summed E-state index contributed by atoms with van der Waals surface area (Å²) in [6.07, 6.45) is 18.2. The second-order valence-corrected chi connectivity index (χ2v) is 22.7. The van der Waals surface area contributed by atoms with E-state index in [0.29, 0.717) is 77.9 Å². The number of hydrogen-bond acceptors (Lipinski definition) is 6. The molecule has 0 aliphatic heterocycles. The van der Waals surface area contributed by atoms with Crippen LogP contribution in [0.15, 0.2) is 0 Å². The normalized spacial score (nSPS) is 52.7. The van der Waals surface area contributed by atoms with E-state index in [4.69, 9.17) is 4.74 Å². The maximum Gasteiger partial charge on any atom is 0.306 e. The Kier molecular flexibility index (Phi) is 10.9. The molecule has 4 unspecified atom stereocenters. The van der Waals surface area contributed by atoms with Gasteiger partial charge < -0.3 is 25.2 Å². The first-order valence-electron chi connectivity index (χ1n) is 23.5. The number of fused-ring (bicyclic) bond motifs is 10. The van der Waals surface area contributed by atoms with Gasteiger partial charge in [0.1, 0.15) is 6.10 Å². The summed E-state index contributed by atoms with van der Waals surface area (Å²) in [6.45, 7) is 14.4. The lowest BCUT2D eigenvalue weighted by Crippen LogP contribution is -2.59. The van der Waals surface area contributed by atoms with E-state index in [2.05, 4.69) is 41.5 Å². The van der Waals surface area contributed by atoms with E-state index in [-0.39, 0.29) is 64.4 Å². The first-order valence-corrected chi connectivity index (χ1v) is 23.5. The van der Waals surface area contributed by atoms with Gasteiger partial charge in [0.2, 0.25) is 0 Å². The number of carboxylic acid groups (broad SMARTS) is 1. The average molecular weight is 767 g/mol. The van der Waals surface area contributed by atoms with Gasteiger partial charge in [0, 0.05) is 18.3 Å². The molecule has 8 saturated carbocycles. The van der Waals surface area contributed by atoms with Crippen molar-refractivity contribution in [1.82, 2.24) is 0 Å². The van der Waals surface area contributed by atoms with Crippen LogP contribution in [0.25, 0.3) is 0 Å². The summed E-state index contributed by atoms with van der Waals surface area (Å²) < 4.78 is 6.84. The van der Waals surface area contributed by atoms with Crippen molar-refractivity contribution in [2.45, 2.75) is 194 Å². The van der Waals surface area contributed by atoms with Gasteiger partial charge in [-0.25, -0.2) is 0 Å². The number of aliphatic hydroxyl groups is 3. The minimum Gasteiger partial charge on any atom is -0.481 e. The van der Waals surface area contributed by atoms with Crippen molar-refractivity contribution in [2.75, 3.05) is 0 Å². The third-order valence-electron chi connectivity index (χ3n) is 20.9. The summed E-state index contributed by atoms with van der Waals surface area (Å²) in [5, 5.41) is 42.9. The second-order valence-electron chi connectivity index (χ2n) is 22.7. The van der Waals surface area contributed by atoms with Crippen molar-refractivity contribution < 1.29 is 34.8 Å². The third kappa shape index (κ3) is 6.50. The Bertz CT molecular complexity index is 1430. The van der Waals surface area contributed by atoms with Gasteiger partial charge in [0.05, 0.1) is 18.3 Å². The SMILES string of the molecule is C[C@H](CCC(=O)O[C@H]1C[C@H]2[C@@H](CCC3C[C@H](O)CC[C@@]32C)[C@@H]2CC[C@H]([C@H](C)CCC(=O)O)[C@@]12C)[C@H]1CCC2C3CC[C@@H]4C[C@H](O)CC[C@]4(C)C3C[C@H](O)[C@@]21C. The standard InChI is InChI=1S/C48H78O7/c1-27(7-17-43(52)53)36-14-16-38-34-12-10-30-24-32(50)20-22-46(30,4)40(34)26-42(48(36,38)6)55-44(54)18-8-28(2)35-13-15-37-33-11-9-29-23-31(49)19-21-45(29,3)39(33)25-41(51)47(35,37)5/h27-42,49-51H,7-26H2,1-6H3,(H,52,53)/t27-,28-,29-,30?,31-,32-,33?,34+,35-,36-,37?,38+,39?,40+,41+,42+,45+,46+,47-,48-/m1/s1. The molecule has 0 heterocycles. The molecular weight excluding hydrogens is 689 g/mol. The van der Waals surface area contributed by atoms with Crippen LogP contribution in [-0.4, -0.2) is 56.8 Å². The molecule has 55 heavy (non-hydrogen) atoms. The number of ether oxygens (including phenoxy) is 1. The van der Waals surface area contributed by atoms with E-state index < -0.39 is 5.97 Å². The van der Waals surface area contributed by atoms with E-state index >= 15 is 0 Å². The van der Waals surface area contributed by atoms with Crippen LogP contribution >= 0.6 is 0 Å². The van der Waals surface area contributed by atoms with E-state index in [1.807, 2.05) is 0 Å². The fraction of sp³-hybridized carbons (Fsp3) is 0.958. The molecule has 312 valence electrons. The summed E-state index contributed by atoms with van der Waals surface area (Å²) >= 11 is 0. The zero-order valence-corrected chi connectivity index (χ0v) is 35.4. The minimum atomic E-state index is -0.729. The van der Waals surface area contributed by atoms with Crippen molar-refractivity contribution in [2.24, 2.45) is 92.7 Å². The van der Waals surface area contributed by atoms with Gasteiger partial charge in [-0.15, -0.1) is 0 Å². The minimum absolute atomic E-state index is 0.0645. The van der Waals surface area contributed by atoms with Crippen molar-refractivity contribution in [3.8, 4) is 0 Å². The molecule has 0 aromatic heterocycles. The first-order chi connectivity index (χ1) is 26.0. The van der Waals surface area contributed by atoms with Crippen LogP contribution in [-0.2, 0) is 14.3 Å². The Morgan fingerprint density at radius 3 is 1.64 bits per heavy atom. The maximum atomic E-state index is 14.2. The molecule has 0 aromatic rings. The number of aliphatic carboxylic acids is 1. The summed E-state index contributed by atoms with van der Waals surface area (Å²) in [6, 6.07) is 0. The first kappa shape index (κ1) is 40.6. The highest BCUT2D eigenvalue weighted by Crippen LogP contribution is 2.70. The molecule has 8 fully saturated rings. The number of carboxylic acids is 1. The fourth-order valence-electron chi connectivity index (χ4n) is 17.8. The van der Waals surface area contributed by atoms with Gasteiger partial charge in [-0.2, -0.15) is 0 Å². The quantitative estimate of drug-likeness (QED) is 0.173. The molecule has 7 nitrogen and oxygen atoms in total. The fourth-order valence-corrected chi connectivity index (χ4v) is 17.8. The van der Waals surface area contributed by atoms with Gasteiger partial charge in [0.25, 0.3) is 0 Å². The number of aliphatic hydroxyl groups excluding tert-OH is 3. The van der Waals surface area contributed by atoms with Crippen molar-refractivity contribution in [3.63, 3.8) is 0 Å². The highest BCUT2D eigenvalue weighted by molar-refractivity contribution is 5.69. The second kappa shape index (κ2) is 14.8. The number of carbonyl (C=O) groups excluding carboxylic acids is 1. The Labute approximate surface area is 332 Å². The van der Waals surface area contributed by atoms with Gasteiger partial charge in [-0.1, -0.05) is 41.5 Å². The monoisotopic (exact) mass is 767 g/mol. The predicted octanol–water partition coefficient (Wildman–Crippen LogP) is 9.44. The zero-order chi connectivity index (χ0) is 39.2. The molecule has 4 N–H and O–H groups in total. The Balaban J connectivity index is 0.967. The van der Waals surface area contributed by atoms with Gasteiger partial charge in [-0.05, 0) is 203 Å². The highest BCUT2D eigenvalue weighted by atomic mass is 16.5. The summed E-state index contributed by atoms with van der Waals surface area (Å²) in [7, 11) is 0. The van der Waals surface area contributed by atoms with E-state index in [0.717, 1.165) is 77.0 Å². The number of esters is 1. The number of hydrogen-bond donors (Lipinski definition) is 4. The molecule has 7 heteroatoms. The highest BCUT2D eigenvalue weighted by Gasteiger charge is 2.66. The van der Waals surface area contributed by atoms with Gasteiger partial charge in [0.15, 0.2) is 0 Å². The molecule has 0 saturated heterocycles. The van der Waals surface area contributed by atoms with Crippen molar-refractivity contribution >= 4 is 11.9 Å². The molecule has 0 amide bonds. The van der Waals surface area contributed by atoms with Crippen LogP contribution in [0.3, 0.4) is 0 Å². The van der Waals surface area contributed by atoms with Crippen LogP contribution in [0, 0.1) is 92.7 Å². The Morgan fingerprint density at radius 2 is 1.09 bits per heavy atom. The average Bonchev–Trinajstić information content (AvgIpc) is 3.69. The van der Waals surface area contributed by atoms with Gasteiger partial charge >= 0.3 is 11.9 Å². The van der Waals surface area contributed by atoms with Crippen molar-refractivity contribution in [1.29, 1.82) is 0 Å². The smallest absolute Gasteiger partial charge is 0.306 e. The lowest BCUT2D eigenvalue weighted by molar-refractivity contribution is -0.198. The van der Waals surface area contributed by atoms with E-state index in [1.54, 1.807) is 0 Å². The van der Waals surface area contributed by atoms with E-state index in [9.17, 15) is 30.0 Å². The Hall–Kier alpha value is -1.18. The van der Waals surface area contributed by atoms with Crippen LogP contribution in [0.1, 0.15) is 170 Å². The van der Waals surface area contributed by atoms with Gasteiger partial charge in [-0.3, -0.25) is 9.59 Å². The van der Waals surface area contributed by atoms with E-state index in [1.165, 1.54) is 32.1 Å². The Morgan fingerprint density at radius 1 is 0.600 bits per heavy atom. The summed E-state index contributed by atoms with van der Waals surface area (Å²) in [5.74, 6) is 4.95. The largest absolute Gasteiger partial charge is 0.481 e.